The topological polar surface area (TPSA) is 85.7 Å². The molecular formula is C20H24N4O3. The minimum absolute atomic E-state index is 0.00943. The van der Waals surface area contributed by atoms with Crippen molar-refractivity contribution >= 4 is 11.8 Å². The van der Waals surface area contributed by atoms with Gasteiger partial charge in [0.2, 0.25) is 5.91 Å². The van der Waals surface area contributed by atoms with Crippen molar-refractivity contribution in [2.24, 2.45) is 11.8 Å². The quantitative estimate of drug-likeness (QED) is 0.834. The molecule has 1 aromatic carbocycles. The fourth-order valence-electron chi connectivity index (χ4n) is 4.42. The van der Waals surface area contributed by atoms with E-state index >= 15 is 0 Å². The Bertz CT molecular complexity index is 760. The van der Waals surface area contributed by atoms with Gasteiger partial charge in [-0.05, 0) is 48.9 Å². The molecule has 2 saturated heterocycles. The number of likely N-dealkylation sites (tertiary alicyclic amines) is 2. The molecule has 0 spiro atoms. The third kappa shape index (κ3) is 3.37. The molecule has 1 aromatic rings. The summed E-state index contributed by atoms with van der Waals surface area (Å²) in [6.07, 6.45) is 1.68. The first-order valence-electron chi connectivity index (χ1n) is 9.48. The molecule has 7 nitrogen and oxygen atoms in total. The van der Waals surface area contributed by atoms with Crippen LogP contribution in [-0.4, -0.2) is 67.0 Å². The summed E-state index contributed by atoms with van der Waals surface area (Å²) in [7, 11) is 1.60. The van der Waals surface area contributed by atoms with Crippen molar-refractivity contribution in [1.82, 2.24) is 15.1 Å². The highest BCUT2D eigenvalue weighted by atomic mass is 16.5. The smallest absolute Gasteiger partial charge is 0.253 e. The maximum Gasteiger partial charge on any atom is 0.253 e. The molecule has 4 rings (SSSR count). The molecule has 27 heavy (non-hydrogen) atoms. The summed E-state index contributed by atoms with van der Waals surface area (Å²) in [6.45, 7) is 2.42. The molecule has 2 aliphatic heterocycles. The number of hydrogen-bond donors (Lipinski definition) is 1. The van der Waals surface area contributed by atoms with Gasteiger partial charge in [0.15, 0.2) is 0 Å². The number of nitrogens with zero attached hydrogens (tertiary/aromatic N) is 3. The van der Waals surface area contributed by atoms with Crippen LogP contribution in [0.4, 0.5) is 0 Å². The van der Waals surface area contributed by atoms with E-state index in [2.05, 4.69) is 11.4 Å². The van der Waals surface area contributed by atoms with Crippen LogP contribution >= 0.6 is 0 Å². The molecule has 1 aliphatic carbocycles. The van der Waals surface area contributed by atoms with Gasteiger partial charge in [-0.1, -0.05) is 0 Å². The minimum Gasteiger partial charge on any atom is -0.497 e. The van der Waals surface area contributed by atoms with Crippen LogP contribution in [0.3, 0.4) is 0 Å². The zero-order valence-corrected chi connectivity index (χ0v) is 15.4. The summed E-state index contributed by atoms with van der Waals surface area (Å²) in [6, 6.07) is 9.42. The van der Waals surface area contributed by atoms with Crippen molar-refractivity contribution in [1.29, 1.82) is 5.26 Å². The highest BCUT2D eigenvalue weighted by molar-refractivity contribution is 5.94. The molecular weight excluding hydrogens is 344 g/mol. The van der Waals surface area contributed by atoms with E-state index in [-0.39, 0.29) is 24.4 Å². The molecule has 142 valence electrons. The third-order valence-electron chi connectivity index (χ3n) is 6.03. The number of amides is 2. The molecule has 3 aliphatic rings. The maximum atomic E-state index is 12.6. The largest absolute Gasteiger partial charge is 0.497 e. The Morgan fingerprint density at radius 1 is 1.26 bits per heavy atom. The SMILES string of the molecule is COc1ccc(C(=O)N2CC3C(C2)C3NCC(=O)N2CCC[C@H]2C#N)cc1. The van der Waals surface area contributed by atoms with E-state index in [1.165, 1.54) is 0 Å². The number of carbonyl (C=O) groups excluding carboxylic acids is 2. The van der Waals surface area contributed by atoms with Gasteiger partial charge in [0.25, 0.3) is 5.91 Å². The van der Waals surface area contributed by atoms with Gasteiger partial charge in [-0.2, -0.15) is 5.26 Å². The Morgan fingerprint density at radius 2 is 1.96 bits per heavy atom. The van der Waals surface area contributed by atoms with Crippen molar-refractivity contribution < 1.29 is 14.3 Å². The lowest BCUT2D eigenvalue weighted by atomic mass is 10.2. The van der Waals surface area contributed by atoms with Gasteiger partial charge < -0.3 is 19.9 Å². The number of ether oxygens (including phenoxy) is 1. The standard InChI is InChI=1S/C20H24N4O3/c1-27-15-6-4-13(5-7-15)20(26)23-11-16-17(12-23)19(16)22-10-18(25)24-8-2-3-14(24)9-21/h4-7,14,16-17,19,22H,2-3,8,10-12H2,1H3/t14-,16?,17?,19?/m0/s1. The first-order valence-corrected chi connectivity index (χ1v) is 9.48. The molecule has 3 fully saturated rings. The molecule has 2 unspecified atom stereocenters. The molecule has 0 bridgehead atoms. The fraction of sp³-hybridized carbons (Fsp3) is 0.550. The van der Waals surface area contributed by atoms with Crippen LogP contribution < -0.4 is 10.1 Å². The van der Waals surface area contributed by atoms with Crippen LogP contribution in [0.15, 0.2) is 24.3 Å². The van der Waals surface area contributed by atoms with Crippen LogP contribution in [-0.2, 0) is 4.79 Å². The highest BCUT2D eigenvalue weighted by Crippen LogP contribution is 2.45. The number of fused-ring (bicyclic) bond motifs is 1. The minimum atomic E-state index is -0.268. The predicted molar refractivity (Wildman–Crippen MR) is 98.0 cm³/mol. The number of rotatable bonds is 5. The Morgan fingerprint density at radius 3 is 2.59 bits per heavy atom. The first kappa shape index (κ1) is 17.8. The number of piperidine rings is 1. The monoisotopic (exact) mass is 368 g/mol. The maximum absolute atomic E-state index is 12.6. The molecule has 2 heterocycles. The van der Waals surface area contributed by atoms with Gasteiger partial charge in [0.1, 0.15) is 11.8 Å². The highest BCUT2D eigenvalue weighted by Gasteiger charge is 2.56. The summed E-state index contributed by atoms with van der Waals surface area (Å²) >= 11 is 0. The van der Waals surface area contributed by atoms with E-state index in [9.17, 15) is 9.59 Å². The molecule has 0 radical (unpaired) electrons. The van der Waals surface area contributed by atoms with Gasteiger partial charge in [0.05, 0.1) is 19.7 Å². The Balaban J connectivity index is 1.24. The van der Waals surface area contributed by atoms with Gasteiger partial charge in [-0.25, -0.2) is 0 Å². The molecule has 1 N–H and O–H groups in total. The lowest BCUT2D eigenvalue weighted by Gasteiger charge is -2.22. The number of methoxy groups -OCH3 is 1. The van der Waals surface area contributed by atoms with E-state index in [1.54, 1.807) is 36.3 Å². The normalized spacial score (nSPS) is 28.6. The van der Waals surface area contributed by atoms with Gasteiger partial charge in [-0.15, -0.1) is 0 Å². The van der Waals surface area contributed by atoms with Gasteiger partial charge in [-0.3, -0.25) is 9.59 Å². The second-order valence-corrected chi connectivity index (χ2v) is 7.55. The number of hydrogen-bond acceptors (Lipinski definition) is 5. The summed E-state index contributed by atoms with van der Waals surface area (Å²) in [5, 5.41) is 12.4. The average molecular weight is 368 g/mol. The van der Waals surface area contributed by atoms with Crippen molar-refractivity contribution in [3.8, 4) is 11.8 Å². The molecule has 2 amide bonds. The van der Waals surface area contributed by atoms with E-state index in [1.807, 2.05) is 4.90 Å². The number of nitrogens with one attached hydrogen (secondary N) is 1. The van der Waals surface area contributed by atoms with E-state index in [0.29, 0.717) is 30.0 Å². The lowest BCUT2D eigenvalue weighted by Crippen LogP contribution is -2.43. The van der Waals surface area contributed by atoms with Gasteiger partial charge >= 0.3 is 0 Å². The number of carbonyl (C=O) groups is 2. The second kappa shape index (κ2) is 7.20. The summed E-state index contributed by atoms with van der Waals surface area (Å²) < 4.78 is 5.13. The van der Waals surface area contributed by atoms with Crippen molar-refractivity contribution in [3.05, 3.63) is 29.8 Å². The summed E-state index contributed by atoms with van der Waals surface area (Å²) in [4.78, 5) is 28.5. The zero-order valence-electron chi connectivity index (χ0n) is 15.4. The van der Waals surface area contributed by atoms with Crippen LogP contribution in [0.1, 0.15) is 23.2 Å². The predicted octanol–water partition coefficient (Wildman–Crippen LogP) is 0.870. The van der Waals surface area contributed by atoms with Crippen molar-refractivity contribution in [2.45, 2.75) is 24.9 Å². The fourth-order valence-corrected chi connectivity index (χ4v) is 4.42. The summed E-state index contributed by atoms with van der Waals surface area (Å²) in [5.41, 5.74) is 0.674. The third-order valence-corrected chi connectivity index (χ3v) is 6.03. The summed E-state index contributed by atoms with van der Waals surface area (Å²) in [5.74, 6) is 1.64. The average Bonchev–Trinajstić information content (AvgIpc) is 3.09. The second-order valence-electron chi connectivity index (χ2n) is 7.55. The molecule has 1 saturated carbocycles. The molecule has 0 aromatic heterocycles. The Labute approximate surface area is 158 Å². The molecule has 7 heteroatoms. The van der Waals surface area contributed by atoms with Crippen LogP contribution in [0.2, 0.25) is 0 Å². The van der Waals surface area contributed by atoms with E-state index < -0.39 is 0 Å². The zero-order chi connectivity index (χ0) is 19.0. The van der Waals surface area contributed by atoms with Crippen molar-refractivity contribution in [3.63, 3.8) is 0 Å². The Hall–Kier alpha value is -2.59. The van der Waals surface area contributed by atoms with Crippen LogP contribution in [0.25, 0.3) is 0 Å². The Kier molecular flexibility index (Phi) is 4.75. The van der Waals surface area contributed by atoms with Crippen LogP contribution in [0.5, 0.6) is 5.75 Å². The lowest BCUT2D eigenvalue weighted by molar-refractivity contribution is -0.130. The van der Waals surface area contributed by atoms with E-state index in [4.69, 9.17) is 10.00 Å². The first-order chi connectivity index (χ1) is 13.1. The van der Waals surface area contributed by atoms with E-state index in [0.717, 1.165) is 31.7 Å². The number of nitriles is 1. The number of benzene rings is 1. The van der Waals surface area contributed by atoms with Crippen molar-refractivity contribution in [2.75, 3.05) is 33.3 Å². The van der Waals surface area contributed by atoms with Gasteiger partial charge in [0, 0.05) is 31.2 Å². The van der Waals surface area contributed by atoms with Crippen LogP contribution in [0, 0.1) is 23.2 Å². The molecule has 3 atom stereocenters.